The highest BCUT2D eigenvalue weighted by atomic mass is 16.5. The van der Waals surface area contributed by atoms with Gasteiger partial charge in [0.2, 0.25) is 11.7 Å². The summed E-state index contributed by atoms with van der Waals surface area (Å²) in [5.41, 5.74) is 5.65. The molecule has 0 amide bonds. The van der Waals surface area contributed by atoms with E-state index in [9.17, 15) is 0 Å². The molecule has 1 heterocycles. The summed E-state index contributed by atoms with van der Waals surface area (Å²) in [5.74, 6) is 1.49. The van der Waals surface area contributed by atoms with Crippen LogP contribution in [0.15, 0.2) is 4.52 Å². The molecule has 2 unspecified atom stereocenters. The molecule has 1 saturated carbocycles. The lowest BCUT2D eigenvalue weighted by molar-refractivity contribution is -0.0469. The molecule has 2 N–H and O–H groups in total. The number of aromatic nitrogens is 2. The standard InChI is InChI=1S/C14H25N3O2/c1-4-11(10(3)15)12-16-13(17-19-12)14(18-5-2)8-6-7-9-14/h10-11H,4-9,15H2,1-3H3. The first-order chi connectivity index (χ1) is 9.13. The normalized spacial score (nSPS) is 21.5. The molecule has 0 spiro atoms. The predicted octanol–water partition coefficient (Wildman–Crippen LogP) is 2.72. The van der Waals surface area contributed by atoms with Crippen LogP contribution >= 0.6 is 0 Å². The Morgan fingerprint density at radius 2 is 2.05 bits per heavy atom. The van der Waals surface area contributed by atoms with Crippen LogP contribution in [0.1, 0.15) is 70.5 Å². The molecule has 1 aromatic rings. The summed E-state index contributed by atoms with van der Waals surface area (Å²) in [6, 6.07) is 0.0184. The molecule has 1 fully saturated rings. The van der Waals surface area contributed by atoms with Crippen LogP contribution in [0.2, 0.25) is 0 Å². The average molecular weight is 267 g/mol. The van der Waals surface area contributed by atoms with E-state index in [-0.39, 0.29) is 17.6 Å². The van der Waals surface area contributed by atoms with E-state index in [0.29, 0.717) is 18.3 Å². The van der Waals surface area contributed by atoms with Gasteiger partial charge in [0.1, 0.15) is 5.60 Å². The number of rotatable bonds is 6. The minimum absolute atomic E-state index is 0.0184. The van der Waals surface area contributed by atoms with Crippen molar-refractivity contribution in [1.29, 1.82) is 0 Å². The van der Waals surface area contributed by atoms with Gasteiger partial charge in [-0.15, -0.1) is 0 Å². The molecule has 1 aliphatic carbocycles. The summed E-state index contributed by atoms with van der Waals surface area (Å²) in [6.07, 6.45) is 5.19. The first-order valence-electron chi connectivity index (χ1n) is 7.36. The third-order valence-corrected chi connectivity index (χ3v) is 4.07. The fourth-order valence-corrected chi connectivity index (χ4v) is 3.00. The van der Waals surface area contributed by atoms with E-state index < -0.39 is 0 Å². The zero-order chi connectivity index (χ0) is 13.9. The molecule has 0 aromatic carbocycles. The van der Waals surface area contributed by atoms with Crippen molar-refractivity contribution in [3.05, 3.63) is 11.7 Å². The van der Waals surface area contributed by atoms with E-state index in [1.54, 1.807) is 0 Å². The predicted molar refractivity (Wildman–Crippen MR) is 72.8 cm³/mol. The molecule has 0 aliphatic heterocycles. The minimum Gasteiger partial charge on any atom is -0.367 e. The van der Waals surface area contributed by atoms with E-state index in [0.717, 1.165) is 32.1 Å². The maximum absolute atomic E-state index is 5.97. The maximum atomic E-state index is 5.97. The van der Waals surface area contributed by atoms with Crippen LogP contribution in [0.25, 0.3) is 0 Å². The third-order valence-electron chi connectivity index (χ3n) is 4.07. The summed E-state index contributed by atoms with van der Waals surface area (Å²) in [7, 11) is 0. The summed E-state index contributed by atoms with van der Waals surface area (Å²) in [4.78, 5) is 4.59. The van der Waals surface area contributed by atoms with Crippen molar-refractivity contribution in [2.45, 2.75) is 70.4 Å². The SMILES string of the molecule is CCOC1(c2noc(C(CC)C(C)N)n2)CCCC1. The van der Waals surface area contributed by atoms with Gasteiger partial charge >= 0.3 is 0 Å². The summed E-state index contributed by atoms with van der Waals surface area (Å²) in [5, 5.41) is 4.17. The molecule has 0 saturated heterocycles. The van der Waals surface area contributed by atoms with Crippen molar-refractivity contribution in [3.63, 3.8) is 0 Å². The quantitative estimate of drug-likeness (QED) is 0.857. The topological polar surface area (TPSA) is 74.2 Å². The Morgan fingerprint density at radius 3 is 2.58 bits per heavy atom. The van der Waals surface area contributed by atoms with Crippen LogP contribution in [0.4, 0.5) is 0 Å². The van der Waals surface area contributed by atoms with Crippen molar-refractivity contribution in [2.75, 3.05) is 6.61 Å². The van der Waals surface area contributed by atoms with E-state index in [1.807, 2.05) is 13.8 Å². The van der Waals surface area contributed by atoms with Gasteiger partial charge in [0.15, 0.2) is 0 Å². The Bertz CT molecular complexity index is 397. The van der Waals surface area contributed by atoms with Gasteiger partial charge in [-0.25, -0.2) is 0 Å². The second-order valence-electron chi connectivity index (χ2n) is 5.46. The van der Waals surface area contributed by atoms with Crippen molar-refractivity contribution in [1.82, 2.24) is 10.1 Å². The van der Waals surface area contributed by atoms with Crippen LogP contribution in [0.5, 0.6) is 0 Å². The first-order valence-corrected chi connectivity index (χ1v) is 7.36. The molecule has 1 aromatic heterocycles. The molecule has 5 nitrogen and oxygen atoms in total. The van der Waals surface area contributed by atoms with Crippen LogP contribution < -0.4 is 5.73 Å². The van der Waals surface area contributed by atoms with Gasteiger partial charge in [0, 0.05) is 12.6 Å². The van der Waals surface area contributed by atoms with Crippen LogP contribution in [-0.4, -0.2) is 22.8 Å². The molecular formula is C14H25N3O2. The zero-order valence-electron chi connectivity index (χ0n) is 12.2. The van der Waals surface area contributed by atoms with Crippen molar-refractivity contribution < 1.29 is 9.26 Å². The van der Waals surface area contributed by atoms with E-state index >= 15 is 0 Å². The minimum atomic E-state index is -0.327. The van der Waals surface area contributed by atoms with Crippen molar-refractivity contribution >= 4 is 0 Å². The lowest BCUT2D eigenvalue weighted by Crippen LogP contribution is -2.28. The van der Waals surface area contributed by atoms with E-state index in [4.69, 9.17) is 15.0 Å². The Balaban J connectivity index is 2.23. The van der Waals surface area contributed by atoms with Crippen LogP contribution in [0, 0.1) is 0 Å². The highest BCUT2D eigenvalue weighted by molar-refractivity contribution is 5.07. The number of hydrogen-bond donors (Lipinski definition) is 1. The monoisotopic (exact) mass is 267 g/mol. The molecule has 2 atom stereocenters. The van der Waals surface area contributed by atoms with Gasteiger partial charge in [0.05, 0.1) is 5.92 Å². The summed E-state index contributed by atoms with van der Waals surface area (Å²) >= 11 is 0. The largest absolute Gasteiger partial charge is 0.367 e. The Kier molecular flexibility index (Phi) is 4.58. The second kappa shape index (κ2) is 6.01. The van der Waals surface area contributed by atoms with Gasteiger partial charge in [0.25, 0.3) is 0 Å². The molecule has 0 radical (unpaired) electrons. The highest BCUT2D eigenvalue weighted by Crippen LogP contribution is 2.41. The van der Waals surface area contributed by atoms with Crippen LogP contribution in [-0.2, 0) is 10.3 Å². The van der Waals surface area contributed by atoms with Crippen molar-refractivity contribution in [3.8, 4) is 0 Å². The van der Waals surface area contributed by atoms with Crippen molar-refractivity contribution in [2.24, 2.45) is 5.73 Å². The average Bonchev–Trinajstić information content (AvgIpc) is 2.99. The number of ether oxygens (including phenoxy) is 1. The molecule has 19 heavy (non-hydrogen) atoms. The van der Waals surface area contributed by atoms with Gasteiger partial charge in [-0.1, -0.05) is 12.1 Å². The lowest BCUT2D eigenvalue weighted by atomic mass is 9.98. The van der Waals surface area contributed by atoms with Gasteiger partial charge in [-0.05, 0) is 46.0 Å². The van der Waals surface area contributed by atoms with E-state index in [1.165, 1.54) is 0 Å². The van der Waals surface area contributed by atoms with Gasteiger partial charge in [-0.2, -0.15) is 4.98 Å². The maximum Gasteiger partial charge on any atom is 0.231 e. The molecule has 0 bridgehead atoms. The van der Waals surface area contributed by atoms with Gasteiger partial charge < -0.3 is 15.0 Å². The number of hydrogen-bond acceptors (Lipinski definition) is 5. The Hall–Kier alpha value is -0.940. The number of nitrogens with zero attached hydrogens (tertiary/aromatic N) is 2. The summed E-state index contributed by atoms with van der Waals surface area (Å²) in [6.45, 7) is 6.75. The smallest absolute Gasteiger partial charge is 0.231 e. The molecule has 5 heteroatoms. The number of nitrogens with two attached hydrogens (primary N) is 1. The first kappa shape index (κ1) is 14.5. The fourth-order valence-electron chi connectivity index (χ4n) is 3.00. The highest BCUT2D eigenvalue weighted by Gasteiger charge is 2.41. The van der Waals surface area contributed by atoms with Gasteiger partial charge in [-0.3, -0.25) is 0 Å². The third kappa shape index (κ3) is 2.82. The molecular weight excluding hydrogens is 242 g/mol. The molecule has 108 valence electrons. The lowest BCUT2D eigenvalue weighted by Gasteiger charge is -2.24. The second-order valence-corrected chi connectivity index (χ2v) is 5.46. The summed E-state index contributed by atoms with van der Waals surface area (Å²) < 4.78 is 11.4. The zero-order valence-corrected chi connectivity index (χ0v) is 12.2. The van der Waals surface area contributed by atoms with Crippen LogP contribution in [0.3, 0.4) is 0 Å². The Morgan fingerprint density at radius 1 is 1.37 bits per heavy atom. The fraction of sp³-hybridized carbons (Fsp3) is 0.857. The Labute approximate surface area is 114 Å². The molecule has 1 aliphatic rings. The molecule has 2 rings (SSSR count). The van der Waals surface area contributed by atoms with E-state index in [2.05, 4.69) is 17.1 Å².